The molecule has 0 aliphatic rings. The van der Waals surface area contributed by atoms with Crippen molar-refractivity contribution in [1.82, 2.24) is 0 Å². The SMILES string of the molecule is [2H][C@@H](CCCCCCC)OC(=O)c1c(C(C)C)cc(C(C)C)cc1C(C)C. The number of benzene rings is 1. The molecule has 0 aliphatic heterocycles. The summed E-state index contributed by atoms with van der Waals surface area (Å²) >= 11 is 0. The topological polar surface area (TPSA) is 26.3 Å². The third kappa shape index (κ3) is 6.78. The van der Waals surface area contributed by atoms with Gasteiger partial charge in [0.05, 0.1) is 13.5 Å². The number of unbranched alkanes of at least 4 members (excludes halogenated alkanes) is 4. The van der Waals surface area contributed by atoms with Crippen LogP contribution in [0.15, 0.2) is 12.1 Å². The van der Waals surface area contributed by atoms with E-state index in [0.29, 0.717) is 17.9 Å². The zero-order chi connectivity index (χ0) is 20.6. The van der Waals surface area contributed by atoms with Gasteiger partial charge in [-0.3, -0.25) is 0 Å². The Morgan fingerprint density at radius 3 is 1.85 bits per heavy atom. The third-order valence-electron chi connectivity index (χ3n) is 4.95. The van der Waals surface area contributed by atoms with E-state index in [9.17, 15) is 4.79 Å². The number of carbonyl (C=O) groups is 1. The molecule has 0 unspecified atom stereocenters. The summed E-state index contributed by atoms with van der Waals surface area (Å²) in [4.78, 5) is 13.0. The summed E-state index contributed by atoms with van der Waals surface area (Å²) in [5.74, 6) is 0.562. The van der Waals surface area contributed by atoms with Gasteiger partial charge >= 0.3 is 5.97 Å². The van der Waals surface area contributed by atoms with Gasteiger partial charge in [-0.15, -0.1) is 0 Å². The normalized spacial score (nSPS) is 13.4. The van der Waals surface area contributed by atoms with Crippen molar-refractivity contribution in [2.24, 2.45) is 0 Å². The summed E-state index contributed by atoms with van der Waals surface area (Å²) in [7, 11) is 0. The Kier molecular flexibility index (Phi) is 9.22. The lowest BCUT2D eigenvalue weighted by Gasteiger charge is -2.22. The van der Waals surface area contributed by atoms with Crippen LogP contribution in [0.25, 0.3) is 0 Å². The van der Waals surface area contributed by atoms with Crippen LogP contribution in [0, 0.1) is 0 Å². The highest BCUT2D eigenvalue weighted by molar-refractivity contribution is 5.93. The summed E-state index contributed by atoms with van der Waals surface area (Å²) in [5, 5.41) is 0. The minimum atomic E-state index is -0.774. The van der Waals surface area contributed by atoms with E-state index in [1.807, 2.05) is 0 Å². The molecule has 0 radical (unpaired) electrons. The van der Waals surface area contributed by atoms with Crippen molar-refractivity contribution in [3.63, 3.8) is 0 Å². The molecule has 0 fully saturated rings. The van der Waals surface area contributed by atoms with Crippen LogP contribution in [0.2, 0.25) is 0 Å². The molecule has 1 aromatic carbocycles. The van der Waals surface area contributed by atoms with Crippen LogP contribution in [0.3, 0.4) is 0 Å². The molecule has 0 N–H and O–H groups in total. The molecule has 0 aliphatic carbocycles. The molecule has 0 spiro atoms. The van der Waals surface area contributed by atoms with Gasteiger partial charge in [-0.05, 0) is 40.9 Å². The summed E-state index contributed by atoms with van der Waals surface area (Å²) in [6.07, 6.45) is 6.32. The molecule has 2 nitrogen and oxygen atoms in total. The summed E-state index contributed by atoms with van der Waals surface area (Å²) in [5.41, 5.74) is 4.04. The van der Waals surface area contributed by atoms with Crippen LogP contribution >= 0.6 is 0 Å². The lowest BCUT2D eigenvalue weighted by atomic mass is 9.84. The van der Waals surface area contributed by atoms with Crippen LogP contribution in [-0.4, -0.2) is 12.6 Å². The Morgan fingerprint density at radius 2 is 1.38 bits per heavy atom. The fourth-order valence-corrected chi connectivity index (χ4v) is 3.22. The van der Waals surface area contributed by atoms with Crippen LogP contribution < -0.4 is 0 Å². The van der Waals surface area contributed by atoms with E-state index in [0.717, 1.165) is 24.0 Å². The maximum Gasteiger partial charge on any atom is 0.338 e. The van der Waals surface area contributed by atoms with Crippen LogP contribution in [0.5, 0.6) is 0 Å². The van der Waals surface area contributed by atoms with Crippen molar-refractivity contribution in [1.29, 1.82) is 0 Å². The van der Waals surface area contributed by atoms with E-state index in [-0.39, 0.29) is 17.8 Å². The summed E-state index contributed by atoms with van der Waals surface area (Å²) in [6.45, 7) is 14.2. The number of hydrogen-bond acceptors (Lipinski definition) is 2. The molecule has 0 aromatic heterocycles. The zero-order valence-corrected chi connectivity index (χ0v) is 18.0. The monoisotopic (exact) mass is 361 g/mol. The van der Waals surface area contributed by atoms with Crippen molar-refractivity contribution >= 4 is 5.97 Å². The lowest BCUT2D eigenvalue weighted by Crippen LogP contribution is -2.15. The lowest BCUT2D eigenvalue weighted by molar-refractivity contribution is 0.0494. The molecular formula is C24H40O2. The predicted octanol–water partition coefficient (Wildman–Crippen LogP) is 7.57. The number of hydrogen-bond donors (Lipinski definition) is 0. The zero-order valence-electron chi connectivity index (χ0n) is 19.0. The van der Waals surface area contributed by atoms with Crippen molar-refractivity contribution in [2.75, 3.05) is 6.58 Å². The molecular weight excluding hydrogens is 320 g/mol. The molecule has 148 valence electrons. The van der Waals surface area contributed by atoms with E-state index in [1.165, 1.54) is 24.8 Å². The first-order valence-electron chi connectivity index (χ1n) is 11.1. The Balaban J connectivity index is 3.00. The summed E-state index contributed by atoms with van der Waals surface area (Å²) in [6, 6.07) is 4.31. The highest BCUT2D eigenvalue weighted by Crippen LogP contribution is 2.32. The van der Waals surface area contributed by atoms with Gasteiger partial charge in [0.1, 0.15) is 0 Å². The van der Waals surface area contributed by atoms with E-state index in [4.69, 9.17) is 6.11 Å². The van der Waals surface area contributed by atoms with Crippen molar-refractivity contribution < 1.29 is 10.9 Å². The van der Waals surface area contributed by atoms with E-state index >= 15 is 0 Å². The Morgan fingerprint density at radius 1 is 0.885 bits per heavy atom. The van der Waals surface area contributed by atoms with Gasteiger partial charge in [-0.1, -0.05) is 92.7 Å². The molecule has 1 atom stereocenters. The minimum Gasteiger partial charge on any atom is -0.462 e. The fraction of sp³-hybridized carbons (Fsp3) is 0.708. The van der Waals surface area contributed by atoms with Crippen molar-refractivity contribution in [3.05, 3.63) is 34.4 Å². The molecule has 1 rings (SSSR count). The molecule has 0 bridgehead atoms. The molecule has 0 heterocycles. The first-order chi connectivity index (χ1) is 12.7. The van der Waals surface area contributed by atoms with Crippen LogP contribution in [-0.2, 0) is 4.74 Å². The Hall–Kier alpha value is -1.31. The largest absolute Gasteiger partial charge is 0.462 e. The first kappa shape index (κ1) is 21.0. The average molecular weight is 362 g/mol. The second-order valence-electron chi connectivity index (χ2n) is 8.31. The first-order valence-corrected chi connectivity index (χ1v) is 10.5. The fourth-order valence-electron chi connectivity index (χ4n) is 3.22. The minimum absolute atomic E-state index is 0.238. The maximum atomic E-state index is 13.0. The summed E-state index contributed by atoms with van der Waals surface area (Å²) < 4.78 is 13.7. The van der Waals surface area contributed by atoms with Crippen molar-refractivity contribution in [2.45, 2.75) is 105 Å². The average Bonchev–Trinajstić information content (AvgIpc) is 2.59. The van der Waals surface area contributed by atoms with E-state index in [1.54, 1.807) is 0 Å². The van der Waals surface area contributed by atoms with Crippen LogP contribution in [0.1, 0.15) is 133 Å². The van der Waals surface area contributed by atoms with Gasteiger partial charge in [0.25, 0.3) is 0 Å². The molecule has 26 heavy (non-hydrogen) atoms. The molecule has 0 saturated carbocycles. The van der Waals surface area contributed by atoms with Gasteiger partial charge in [-0.25, -0.2) is 4.79 Å². The Labute approximate surface area is 163 Å². The smallest absolute Gasteiger partial charge is 0.338 e. The van der Waals surface area contributed by atoms with Crippen molar-refractivity contribution in [3.8, 4) is 0 Å². The van der Waals surface area contributed by atoms with E-state index < -0.39 is 6.58 Å². The number of ether oxygens (including phenoxy) is 1. The van der Waals surface area contributed by atoms with Gasteiger partial charge in [-0.2, -0.15) is 0 Å². The molecule has 2 heteroatoms. The van der Waals surface area contributed by atoms with Gasteiger partial charge < -0.3 is 4.74 Å². The predicted molar refractivity (Wildman–Crippen MR) is 112 cm³/mol. The molecule has 1 aromatic rings. The molecule has 0 saturated heterocycles. The highest BCUT2D eigenvalue weighted by atomic mass is 16.5. The number of esters is 1. The van der Waals surface area contributed by atoms with Gasteiger partial charge in [0, 0.05) is 0 Å². The molecule has 0 amide bonds. The maximum absolute atomic E-state index is 13.0. The Bertz CT molecular complexity index is 561. The van der Waals surface area contributed by atoms with Gasteiger partial charge in [0.15, 0.2) is 0 Å². The third-order valence-corrected chi connectivity index (χ3v) is 4.95. The second kappa shape index (κ2) is 11.4. The number of rotatable bonds is 11. The van der Waals surface area contributed by atoms with E-state index in [2.05, 4.69) is 60.6 Å². The quantitative estimate of drug-likeness (QED) is 0.300. The second-order valence-corrected chi connectivity index (χ2v) is 8.31. The van der Waals surface area contributed by atoms with Crippen LogP contribution in [0.4, 0.5) is 0 Å². The number of carbonyl (C=O) groups excluding carboxylic acids is 1. The highest BCUT2D eigenvalue weighted by Gasteiger charge is 2.23. The van der Waals surface area contributed by atoms with Gasteiger partial charge in [0.2, 0.25) is 0 Å². The standard InChI is InChI=1S/C24H40O2/c1-8-9-10-11-12-13-14-26-24(25)23-21(18(4)5)15-20(17(2)3)16-22(23)19(6)7/h15-19H,8-14H2,1-7H3/i14D/t14-/m0/s1.